The van der Waals surface area contributed by atoms with Gasteiger partial charge in [0.15, 0.2) is 0 Å². The van der Waals surface area contributed by atoms with Gasteiger partial charge in [0, 0.05) is 11.6 Å². The van der Waals surface area contributed by atoms with Crippen LogP contribution in [0.25, 0.3) is 0 Å². The van der Waals surface area contributed by atoms with Crippen molar-refractivity contribution in [2.24, 2.45) is 5.73 Å². The molecule has 0 heterocycles. The van der Waals surface area contributed by atoms with Gasteiger partial charge in [-0.1, -0.05) is 17.7 Å². The Morgan fingerprint density at radius 2 is 2.19 bits per heavy atom. The Morgan fingerprint density at radius 1 is 1.56 bits per heavy atom. The minimum atomic E-state index is -0.568. The van der Waals surface area contributed by atoms with E-state index in [1.54, 1.807) is 6.08 Å². The summed E-state index contributed by atoms with van der Waals surface area (Å²) in [5, 5.41) is 9.68. The van der Waals surface area contributed by atoms with E-state index in [0.29, 0.717) is 12.8 Å². The van der Waals surface area contributed by atoms with Crippen LogP contribution in [0.15, 0.2) is 24.8 Å². The highest BCUT2D eigenvalue weighted by Crippen LogP contribution is 2.34. The number of benzene rings is 1. The molecule has 16 heavy (non-hydrogen) atoms. The van der Waals surface area contributed by atoms with Crippen LogP contribution in [0.1, 0.15) is 24.4 Å². The third-order valence-electron chi connectivity index (χ3n) is 2.17. The van der Waals surface area contributed by atoms with Gasteiger partial charge in [0.25, 0.3) is 0 Å². The predicted molar refractivity (Wildman–Crippen MR) is 66.7 cm³/mol. The molecule has 1 atom stereocenters. The van der Waals surface area contributed by atoms with Gasteiger partial charge in [0.05, 0.1) is 5.02 Å². The third-order valence-corrected chi connectivity index (χ3v) is 2.47. The zero-order valence-electron chi connectivity index (χ0n) is 8.62. The highest BCUT2D eigenvalue weighted by Gasteiger charge is 2.17. The number of halogens is 3. The molecule has 0 bridgehead atoms. The van der Waals surface area contributed by atoms with Crippen LogP contribution in [-0.2, 0) is 0 Å². The third kappa shape index (κ3) is 3.37. The van der Waals surface area contributed by atoms with Crippen LogP contribution in [0.5, 0.6) is 5.75 Å². The van der Waals surface area contributed by atoms with Gasteiger partial charge in [-0.25, -0.2) is 4.39 Å². The molecule has 0 aliphatic carbocycles. The first-order valence-electron chi connectivity index (χ1n) is 4.61. The van der Waals surface area contributed by atoms with E-state index < -0.39 is 11.9 Å². The van der Waals surface area contributed by atoms with E-state index in [-0.39, 0.29) is 28.7 Å². The molecule has 2 nitrogen and oxygen atoms in total. The molecule has 5 heteroatoms. The van der Waals surface area contributed by atoms with Crippen molar-refractivity contribution in [3.05, 3.63) is 41.2 Å². The van der Waals surface area contributed by atoms with Gasteiger partial charge < -0.3 is 10.8 Å². The van der Waals surface area contributed by atoms with E-state index in [2.05, 4.69) is 6.58 Å². The van der Waals surface area contributed by atoms with Crippen LogP contribution in [0.2, 0.25) is 5.02 Å². The summed E-state index contributed by atoms with van der Waals surface area (Å²) < 4.78 is 13.4. The quantitative estimate of drug-likeness (QED) is 0.818. The summed E-state index contributed by atoms with van der Waals surface area (Å²) >= 11 is 5.67. The zero-order chi connectivity index (χ0) is 11.4. The van der Waals surface area contributed by atoms with E-state index in [0.717, 1.165) is 0 Å². The molecular weight excluding hydrogens is 252 g/mol. The number of aromatic hydroxyl groups is 1. The van der Waals surface area contributed by atoms with Crippen LogP contribution in [0, 0.1) is 5.82 Å². The van der Waals surface area contributed by atoms with Crippen molar-refractivity contribution >= 4 is 24.0 Å². The summed E-state index contributed by atoms with van der Waals surface area (Å²) in [5.74, 6) is -0.804. The Labute approximate surface area is 105 Å². The number of hydrogen-bond acceptors (Lipinski definition) is 2. The Morgan fingerprint density at radius 3 is 2.75 bits per heavy atom. The van der Waals surface area contributed by atoms with Crippen molar-refractivity contribution in [1.29, 1.82) is 0 Å². The minimum Gasteiger partial charge on any atom is -0.506 e. The molecule has 1 aromatic carbocycles. The summed E-state index contributed by atoms with van der Waals surface area (Å²) in [5.41, 5.74) is 5.82. The van der Waals surface area contributed by atoms with Gasteiger partial charge in [0.2, 0.25) is 0 Å². The molecular formula is C11H14Cl2FNO. The van der Waals surface area contributed by atoms with E-state index in [4.69, 9.17) is 17.3 Å². The van der Waals surface area contributed by atoms with Crippen LogP contribution < -0.4 is 5.73 Å². The molecule has 1 rings (SSSR count). The summed E-state index contributed by atoms with van der Waals surface area (Å²) in [6.45, 7) is 3.55. The maximum Gasteiger partial charge on any atom is 0.141 e. The summed E-state index contributed by atoms with van der Waals surface area (Å²) in [6.07, 6.45) is 2.88. The van der Waals surface area contributed by atoms with Crippen molar-refractivity contribution in [1.82, 2.24) is 0 Å². The largest absolute Gasteiger partial charge is 0.506 e. The van der Waals surface area contributed by atoms with Crippen LogP contribution in [0.3, 0.4) is 0 Å². The molecule has 0 aromatic heterocycles. The maximum absolute atomic E-state index is 13.4. The summed E-state index contributed by atoms with van der Waals surface area (Å²) in [6, 6.07) is 1.93. The molecule has 0 radical (unpaired) electrons. The van der Waals surface area contributed by atoms with Crippen LogP contribution in [-0.4, -0.2) is 5.11 Å². The topological polar surface area (TPSA) is 46.2 Å². The molecule has 0 aliphatic heterocycles. The van der Waals surface area contributed by atoms with Crippen LogP contribution in [0.4, 0.5) is 4.39 Å². The summed E-state index contributed by atoms with van der Waals surface area (Å²) in [7, 11) is 0. The smallest absolute Gasteiger partial charge is 0.141 e. The van der Waals surface area contributed by atoms with E-state index in [1.807, 2.05) is 0 Å². The fraction of sp³-hybridized carbons (Fsp3) is 0.273. The number of allylic oxidation sites excluding steroid dienone is 1. The first kappa shape index (κ1) is 15.2. The first-order valence-corrected chi connectivity index (χ1v) is 4.99. The second-order valence-electron chi connectivity index (χ2n) is 3.26. The highest BCUT2D eigenvalue weighted by molar-refractivity contribution is 6.32. The lowest BCUT2D eigenvalue weighted by Gasteiger charge is -2.14. The second kappa shape index (κ2) is 6.74. The van der Waals surface area contributed by atoms with Crippen LogP contribution >= 0.6 is 24.0 Å². The van der Waals surface area contributed by atoms with Gasteiger partial charge in [-0.05, 0) is 25.0 Å². The molecule has 90 valence electrons. The van der Waals surface area contributed by atoms with Gasteiger partial charge >= 0.3 is 0 Å². The normalized spacial score (nSPS) is 11.7. The molecule has 1 aromatic rings. The van der Waals surface area contributed by atoms with Gasteiger partial charge in [0.1, 0.15) is 11.6 Å². The number of phenols is 1. The number of rotatable bonds is 4. The van der Waals surface area contributed by atoms with E-state index in [1.165, 1.54) is 12.1 Å². The fourth-order valence-electron chi connectivity index (χ4n) is 1.35. The highest BCUT2D eigenvalue weighted by atomic mass is 35.5. The monoisotopic (exact) mass is 265 g/mol. The lowest BCUT2D eigenvalue weighted by Crippen LogP contribution is -2.12. The Balaban J connectivity index is 0.00000225. The fourth-order valence-corrected chi connectivity index (χ4v) is 1.52. The maximum atomic E-state index is 13.4. The molecule has 0 saturated carbocycles. The van der Waals surface area contributed by atoms with E-state index >= 15 is 0 Å². The Bertz CT molecular complexity index is 371. The van der Waals surface area contributed by atoms with Gasteiger partial charge in [-0.3, -0.25) is 0 Å². The average Bonchev–Trinajstić information content (AvgIpc) is 2.21. The predicted octanol–water partition coefficient (Wildman–Crippen LogP) is 3.57. The van der Waals surface area contributed by atoms with Crippen molar-refractivity contribution in [3.8, 4) is 5.75 Å². The molecule has 0 spiro atoms. The molecule has 3 N–H and O–H groups in total. The lowest BCUT2D eigenvalue weighted by atomic mass is 10.0. The molecule has 0 fully saturated rings. The standard InChI is InChI=1S/C11H13ClFNO.ClH/c1-2-3-4-9(14)10-8(13)6-5-7(12)11(10)15;/h2,5-6,9,15H,1,3-4,14H2;1H/t9-;/m0./s1. The average molecular weight is 266 g/mol. The Hall–Kier alpha value is -0.770. The summed E-state index contributed by atoms with van der Waals surface area (Å²) in [4.78, 5) is 0. The Kier molecular flexibility index (Phi) is 6.41. The first-order chi connectivity index (χ1) is 7.07. The number of nitrogens with two attached hydrogens (primary N) is 1. The minimum absolute atomic E-state index is 0. The molecule has 0 aliphatic rings. The van der Waals surface area contributed by atoms with E-state index in [9.17, 15) is 9.50 Å². The number of phenolic OH excluding ortho intramolecular Hbond substituents is 1. The molecule has 0 unspecified atom stereocenters. The van der Waals surface area contributed by atoms with Gasteiger partial charge in [-0.15, -0.1) is 19.0 Å². The SMILES string of the molecule is C=CCC[C@H](N)c1c(F)ccc(Cl)c1O.Cl. The van der Waals surface area contributed by atoms with Crippen molar-refractivity contribution < 1.29 is 9.50 Å². The molecule has 0 amide bonds. The number of hydrogen-bond donors (Lipinski definition) is 2. The zero-order valence-corrected chi connectivity index (χ0v) is 10.2. The molecule has 0 saturated heterocycles. The second-order valence-corrected chi connectivity index (χ2v) is 3.67. The van der Waals surface area contributed by atoms with Crippen molar-refractivity contribution in [2.75, 3.05) is 0 Å². The van der Waals surface area contributed by atoms with Crippen molar-refractivity contribution in [3.63, 3.8) is 0 Å². The lowest BCUT2D eigenvalue weighted by molar-refractivity contribution is 0.446. The van der Waals surface area contributed by atoms with Gasteiger partial charge in [-0.2, -0.15) is 0 Å². The van der Waals surface area contributed by atoms with Crippen molar-refractivity contribution in [2.45, 2.75) is 18.9 Å².